The van der Waals surface area contributed by atoms with Crippen molar-refractivity contribution < 1.29 is 0 Å². The third kappa shape index (κ3) is 2.24. The minimum absolute atomic E-state index is 0.839. The summed E-state index contributed by atoms with van der Waals surface area (Å²) in [6, 6.07) is 12.7. The second-order valence-electron chi connectivity index (χ2n) is 4.77. The molecule has 0 aliphatic rings. The van der Waals surface area contributed by atoms with Crippen LogP contribution >= 0.6 is 0 Å². The molecule has 0 fully saturated rings. The molecule has 19 heavy (non-hydrogen) atoms. The second kappa shape index (κ2) is 4.84. The third-order valence-corrected chi connectivity index (χ3v) is 3.44. The van der Waals surface area contributed by atoms with Crippen molar-refractivity contribution in [2.75, 3.05) is 0 Å². The molecule has 0 N–H and O–H groups in total. The van der Waals surface area contributed by atoms with E-state index in [2.05, 4.69) is 51.8 Å². The molecule has 1 aromatic carbocycles. The van der Waals surface area contributed by atoms with Crippen LogP contribution in [-0.4, -0.2) is 14.5 Å². The van der Waals surface area contributed by atoms with Gasteiger partial charge >= 0.3 is 0 Å². The molecule has 2 aromatic heterocycles. The number of hydrogen-bond acceptors (Lipinski definition) is 2. The van der Waals surface area contributed by atoms with E-state index in [0.29, 0.717) is 0 Å². The molecule has 3 heteroatoms. The molecule has 0 saturated carbocycles. The van der Waals surface area contributed by atoms with Crippen molar-refractivity contribution in [2.24, 2.45) is 0 Å². The van der Waals surface area contributed by atoms with E-state index in [-0.39, 0.29) is 0 Å². The van der Waals surface area contributed by atoms with Crippen LogP contribution in [0.1, 0.15) is 23.9 Å². The number of aromatic nitrogens is 3. The maximum absolute atomic E-state index is 4.54. The van der Waals surface area contributed by atoms with Crippen LogP contribution in [0.15, 0.2) is 42.6 Å². The van der Waals surface area contributed by atoms with E-state index in [1.807, 2.05) is 19.2 Å². The molecule has 3 aromatic rings. The first kappa shape index (κ1) is 11.9. The average molecular weight is 251 g/mol. The molecule has 0 bridgehead atoms. The van der Waals surface area contributed by atoms with Gasteiger partial charge in [-0.3, -0.25) is 0 Å². The summed E-state index contributed by atoms with van der Waals surface area (Å²) in [4.78, 5) is 8.98. The van der Waals surface area contributed by atoms with Gasteiger partial charge in [0.05, 0.1) is 5.52 Å². The lowest BCUT2D eigenvalue weighted by molar-refractivity contribution is 0.785. The van der Waals surface area contributed by atoms with E-state index in [1.54, 1.807) is 0 Å². The molecule has 0 atom stereocenters. The van der Waals surface area contributed by atoms with Crippen molar-refractivity contribution in [3.05, 3.63) is 59.5 Å². The predicted molar refractivity (Wildman–Crippen MR) is 77.2 cm³/mol. The van der Waals surface area contributed by atoms with Gasteiger partial charge in [-0.25, -0.2) is 9.97 Å². The first-order valence-electron chi connectivity index (χ1n) is 6.63. The van der Waals surface area contributed by atoms with Crippen LogP contribution in [0.2, 0.25) is 0 Å². The van der Waals surface area contributed by atoms with Gasteiger partial charge in [0.15, 0.2) is 5.65 Å². The summed E-state index contributed by atoms with van der Waals surface area (Å²) in [5.74, 6) is 1.01. The van der Waals surface area contributed by atoms with E-state index < -0.39 is 0 Å². The minimum Gasteiger partial charge on any atom is -0.322 e. The quantitative estimate of drug-likeness (QED) is 0.714. The van der Waals surface area contributed by atoms with Gasteiger partial charge in [0.2, 0.25) is 0 Å². The number of fused-ring (bicyclic) bond motifs is 1. The van der Waals surface area contributed by atoms with Crippen molar-refractivity contribution in [3.63, 3.8) is 0 Å². The number of pyridine rings is 1. The first-order valence-corrected chi connectivity index (χ1v) is 6.63. The molecular formula is C16H17N3. The van der Waals surface area contributed by atoms with Gasteiger partial charge < -0.3 is 4.57 Å². The number of rotatable bonds is 3. The van der Waals surface area contributed by atoms with Crippen LogP contribution in [0.25, 0.3) is 11.2 Å². The van der Waals surface area contributed by atoms with Crippen LogP contribution in [0.5, 0.6) is 0 Å². The fourth-order valence-electron chi connectivity index (χ4n) is 2.32. The SMILES string of the molecule is CCc1cnc2nc(C)n(Cc3ccccc3)c2c1. The van der Waals surface area contributed by atoms with Crippen LogP contribution < -0.4 is 0 Å². The average Bonchev–Trinajstić information content (AvgIpc) is 2.76. The minimum atomic E-state index is 0.839. The maximum atomic E-state index is 4.54. The van der Waals surface area contributed by atoms with Crippen molar-refractivity contribution >= 4 is 11.2 Å². The number of benzene rings is 1. The summed E-state index contributed by atoms with van der Waals surface area (Å²) < 4.78 is 2.23. The highest BCUT2D eigenvalue weighted by molar-refractivity contribution is 5.72. The molecule has 0 aliphatic carbocycles. The van der Waals surface area contributed by atoms with Gasteiger partial charge in [-0.2, -0.15) is 0 Å². The molecule has 2 heterocycles. The van der Waals surface area contributed by atoms with Crippen LogP contribution in [0, 0.1) is 6.92 Å². The Morgan fingerprint density at radius 1 is 1.11 bits per heavy atom. The Morgan fingerprint density at radius 3 is 2.63 bits per heavy atom. The lowest BCUT2D eigenvalue weighted by Crippen LogP contribution is -2.02. The lowest BCUT2D eigenvalue weighted by atomic mass is 10.2. The van der Waals surface area contributed by atoms with Gasteiger partial charge in [0.1, 0.15) is 5.82 Å². The zero-order chi connectivity index (χ0) is 13.2. The Hall–Kier alpha value is -2.16. The molecule has 0 amide bonds. The number of nitrogens with zero attached hydrogens (tertiary/aromatic N) is 3. The van der Waals surface area contributed by atoms with Gasteiger partial charge in [-0.15, -0.1) is 0 Å². The largest absolute Gasteiger partial charge is 0.322 e. The molecule has 0 saturated heterocycles. The molecule has 0 radical (unpaired) electrons. The molecular weight excluding hydrogens is 234 g/mol. The Morgan fingerprint density at radius 2 is 1.89 bits per heavy atom. The zero-order valence-corrected chi connectivity index (χ0v) is 11.3. The van der Waals surface area contributed by atoms with Gasteiger partial charge in [-0.05, 0) is 30.5 Å². The Labute approximate surface area is 112 Å². The molecule has 0 aliphatic heterocycles. The predicted octanol–water partition coefficient (Wildman–Crippen LogP) is 3.35. The molecule has 0 spiro atoms. The standard InChI is InChI=1S/C16H17N3/c1-3-13-9-15-16(17-10-13)18-12(2)19(15)11-14-7-5-4-6-8-14/h4-10H,3,11H2,1-2H3. The first-order chi connectivity index (χ1) is 9.28. The highest BCUT2D eigenvalue weighted by atomic mass is 15.1. The molecule has 0 unspecified atom stereocenters. The fourth-order valence-corrected chi connectivity index (χ4v) is 2.32. The fraction of sp³-hybridized carbons (Fsp3) is 0.250. The Bertz CT molecular complexity index is 699. The maximum Gasteiger partial charge on any atom is 0.177 e. The zero-order valence-electron chi connectivity index (χ0n) is 11.3. The molecule has 3 nitrogen and oxygen atoms in total. The van der Waals surface area contributed by atoms with Gasteiger partial charge in [0, 0.05) is 12.7 Å². The third-order valence-electron chi connectivity index (χ3n) is 3.44. The summed E-state index contributed by atoms with van der Waals surface area (Å²) in [7, 11) is 0. The Balaban J connectivity index is 2.09. The number of hydrogen-bond donors (Lipinski definition) is 0. The highest BCUT2D eigenvalue weighted by Crippen LogP contribution is 2.17. The van der Waals surface area contributed by atoms with E-state index in [4.69, 9.17) is 0 Å². The van der Waals surface area contributed by atoms with Crippen LogP contribution in [-0.2, 0) is 13.0 Å². The summed E-state index contributed by atoms with van der Waals surface area (Å²) in [5.41, 5.74) is 4.50. The molecule has 96 valence electrons. The highest BCUT2D eigenvalue weighted by Gasteiger charge is 2.09. The summed E-state index contributed by atoms with van der Waals surface area (Å²) in [5, 5.41) is 0. The van der Waals surface area contributed by atoms with Crippen molar-refractivity contribution in [1.29, 1.82) is 0 Å². The van der Waals surface area contributed by atoms with E-state index in [9.17, 15) is 0 Å². The summed E-state index contributed by atoms with van der Waals surface area (Å²) >= 11 is 0. The molecule has 3 rings (SSSR count). The summed E-state index contributed by atoms with van der Waals surface area (Å²) in [6.07, 6.45) is 2.92. The Kier molecular flexibility index (Phi) is 3.03. The van der Waals surface area contributed by atoms with Gasteiger partial charge in [0.25, 0.3) is 0 Å². The smallest absolute Gasteiger partial charge is 0.177 e. The van der Waals surface area contributed by atoms with Crippen molar-refractivity contribution in [3.8, 4) is 0 Å². The normalized spacial score (nSPS) is 11.1. The topological polar surface area (TPSA) is 30.7 Å². The van der Waals surface area contributed by atoms with E-state index in [1.165, 1.54) is 11.1 Å². The monoisotopic (exact) mass is 251 g/mol. The second-order valence-corrected chi connectivity index (χ2v) is 4.77. The number of aryl methyl sites for hydroxylation is 2. The summed E-state index contributed by atoms with van der Waals surface area (Å²) in [6.45, 7) is 5.03. The van der Waals surface area contributed by atoms with Crippen molar-refractivity contribution in [2.45, 2.75) is 26.8 Å². The van der Waals surface area contributed by atoms with Gasteiger partial charge in [-0.1, -0.05) is 37.3 Å². The van der Waals surface area contributed by atoms with E-state index >= 15 is 0 Å². The van der Waals surface area contributed by atoms with E-state index in [0.717, 1.165) is 30.0 Å². The van der Waals surface area contributed by atoms with Crippen molar-refractivity contribution in [1.82, 2.24) is 14.5 Å². The number of imidazole rings is 1. The van der Waals surface area contributed by atoms with Crippen LogP contribution in [0.3, 0.4) is 0 Å². The lowest BCUT2D eigenvalue weighted by Gasteiger charge is -2.07. The van der Waals surface area contributed by atoms with Crippen LogP contribution in [0.4, 0.5) is 0 Å².